The zero-order valence-corrected chi connectivity index (χ0v) is 32.8. The van der Waals surface area contributed by atoms with Crippen LogP contribution in [-0.2, 0) is 9.47 Å². The Morgan fingerprint density at radius 1 is 1.02 bits per heavy atom. The smallest absolute Gasteiger partial charge is 0.412 e. The topological polar surface area (TPSA) is 133 Å². The van der Waals surface area contributed by atoms with Crippen LogP contribution in [0.25, 0.3) is 32.1 Å². The maximum absolute atomic E-state index is 17.1. The highest BCUT2D eigenvalue weighted by Crippen LogP contribution is 2.46. The number of nitrogens with one attached hydrogen (secondary N) is 1. The van der Waals surface area contributed by atoms with Gasteiger partial charge in [-0.3, -0.25) is 10.2 Å². The molecule has 56 heavy (non-hydrogen) atoms. The van der Waals surface area contributed by atoms with Gasteiger partial charge in [-0.2, -0.15) is 15.2 Å². The summed E-state index contributed by atoms with van der Waals surface area (Å²) in [6, 6.07) is 5.05. The second-order valence-electron chi connectivity index (χ2n) is 16.4. The number of ether oxygens (including phenoxy) is 3. The van der Waals surface area contributed by atoms with Gasteiger partial charge in [0.05, 0.1) is 21.4 Å². The first-order chi connectivity index (χ1) is 26.4. The number of fused-ring (bicyclic) bond motifs is 3. The van der Waals surface area contributed by atoms with E-state index in [1.54, 1.807) is 51.3 Å². The third-order valence-electron chi connectivity index (χ3n) is 10.1. The van der Waals surface area contributed by atoms with Crippen LogP contribution in [0.3, 0.4) is 0 Å². The van der Waals surface area contributed by atoms with Crippen LogP contribution in [0.5, 0.6) is 6.01 Å². The van der Waals surface area contributed by atoms with Crippen LogP contribution in [0.2, 0.25) is 0 Å². The lowest BCUT2D eigenvalue weighted by atomic mass is 9.95. The van der Waals surface area contributed by atoms with Gasteiger partial charge in [0.15, 0.2) is 5.82 Å². The van der Waals surface area contributed by atoms with E-state index in [0.29, 0.717) is 13.0 Å². The Hall–Kier alpha value is -4.95. The van der Waals surface area contributed by atoms with Crippen molar-refractivity contribution in [1.82, 2.24) is 19.8 Å². The molecule has 0 saturated carbocycles. The van der Waals surface area contributed by atoms with Crippen molar-refractivity contribution < 1.29 is 41.4 Å². The third-order valence-corrected chi connectivity index (χ3v) is 11.2. The molecule has 1 N–H and O–H groups in total. The quantitative estimate of drug-likeness (QED) is 0.191. The molecule has 3 aliphatic rings. The number of carbonyl (C=O) groups is 2. The predicted octanol–water partition coefficient (Wildman–Crippen LogP) is 8.16. The van der Waals surface area contributed by atoms with E-state index in [1.165, 1.54) is 6.07 Å². The third kappa shape index (κ3) is 7.60. The number of amides is 2. The number of carbonyl (C=O) groups excluding carboxylic acids is 2. The van der Waals surface area contributed by atoms with Crippen molar-refractivity contribution >= 4 is 55.3 Å². The number of rotatable bonds is 6. The van der Waals surface area contributed by atoms with Crippen LogP contribution >= 0.6 is 11.3 Å². The summed E-state index contributed by atoms with van der Waals surface area (Å²) in [6.45, 7) is 12.3. The number of nitriles is 1. The average Bonchev–Trinajstić information content (AvgIpc) is 3.76. The first-order valence-electron chi connectivity index (χ1n) is 18.5. The molecule has 0 radical (unpaired) electrons. The van der Waals surface area contributed by atoms with E-state index in [4.69, 9.17) is 14.2 Å². The van der Waals surface area contributed by atoms with Gasteiger partial charge in [0, 0.05) is 49.9 Å². The molecule has 3 saturated heterocycles. The summed E-state index contributed by atoms with van der Waals surface area (Å²) in [5, 5.41) is 12.6. The van der Waals surface area contributed by atoms with Crippen molar-refractivity contribution in [3.05, 3.63) is 41.2 Å². The lowest BCUT2D eigenvalue weighted by molar-refractivity contribution is 0.0240. The monoisotopic (exact) mass is 797 g/mol. The van der Waals surface area contributed by atoms with Gasteiger partial charge in [0.25, 0.3) is 0 Å². The standard InChI is InChI=1S/C39H43F4N7O5S/c1-37(2,3)54-35(51)47-33-24(18-44)27-22(8-9-25(41)31(27)56-33)28-26(42)16-23-30(29(28)43)45-34(53-20-39-10-7-11-50(39)19-21(40)17-39)46-32(23)48-12-14-49(15-13-48)36(52)55-38(4,5)6/h8-9,16,21H,7,10-15,17,19-20H2,1-6H3,(H,47,51)/t21-,39+/m1/s1. The number of aromatic nitrogens is 2. The molecule has 4 aromatic rings. The minimum Gasteiger partial charge on any atom is -0.461 e. The van der Waals surface area contributed by atoms with E-state index in [0.717, 1.165) is 36.4 Å². The molecule has 5 heterocycles. The molecule has 298 valence electrons. The Labute approximate surface area is 325 Å². The molecule has 3 fully saturated rings. The van der Waals surface area contributed by atoms with E-state index >= 15 is 13.2 Å². The molecule has 0 spiro atoms. The molecule has 0 unspecified atom stereocenters. The Kier molecular flexibility index (Phi) is 10.2. The Balaban J connectivity index is 1.32. The van der Waals surface area contributed by atoms with Crippen LogP contribution < -0.4 is 15.0 Å². The zero-order chi connectivity index (χ0) is 40.3. The first kappa shape index (κ1) is 39.3. The van der Waals surface area contributed by atoms with Crippen LogP contribution in [-0.4, -0.2) is 101 Å². The Morgan fingerprint density at radius 3 is 2.41 bits per heavy atom. The number of nitrogens with zero attached hydrogens (tertiary/aromatic N) is 6. The molecule has 0 bridgehead atoms. The lowest BCUT2D eigenvalue weighted by Gasteiger charge is -2.36. The molecular weight excluding hydrogens is 755 g/mol. The van der Waals surface area contributed by atoms with Gasteiger partial charge in [-0.05, 0) is 78.6 Å². The minimum atomic E-state index is -1.11. The number of hydrogen-bond acceptors (Lipinski definition) is 11. The molecule has 0 aliphatic carbocycles. The second-order valence-corrected chi connectivity index (χ2v) is 17.5. The minimum absolute atomic E-state index is 0.0172. The van der Waals surface area contributed by atoms with Crippen molar-refractivity contribution in [2.45, 2.75) is 83.7 Å². The van der Waals surface area contributed by atoms with Crippen molar-refractivity contribution in [3.8, 4) is 23.2 Å². The van der Waals surface area contributed by atoms with Gasteiger partial charge in [-0.25, -0.2) is 27.2 Å². The van der Waals surface area contributed by atoms with E-state index < -0.39 is 58.1 Å². The Morgan fingerprint density at radius 2 is 1.73 bits per heavy atom. The number of benzene rings is 2. The SMILES string of the molecule is CC(C)(C)OC(=O)Nc1sc2c(F)ccc(-c3c(F)cc4c(N5CCN(C(=O)OC(C)(C)C)CC5)nc(OC[C@@]56CCCN5C[C@H](F)C6)nc4c3F)c2c1C#N. The molecule has 7 rings (SSSR count). The van der Waals surface area contributed by atoms with E-state index in [9.17, 15) is 19.2 Å². The highest BCUT2D eigenvalue weighted by Gasteiger charge is 2.49. The van der Waals surface area contributed by atoms with Crippen molar-refractivity contribution in [1.29, 1.82) is 5.26 Å². The molecular formula is C39H43F4N7O5S. The van der Waals surface area contributed by atoms with Crippen LogP contribution in [0.4, 0.5) is 38.0 Å². The summed E-state index contributed by atoms with van der Waals surface area (Å²) in [6.07, 6.45) is -0.547. The van der Waals surface area contributed by atoms with Gasteiger partial charge < -0.3 is 24.0 Å². The molecule has 3 aliphatic heterocycles. The van der Waals surface area contributed by atoms with Crippen molar-refractivity contribution in [2.75, 3.05) is 56.1 Å². The summed E-state index contributed by atoms with van der Waals surface area (Å²) in [5.74, 6) is -2.75. The fraction of sp³-hybridized carbons (Fsp3) is 0.513. The summed E-state index contributed by atoms with van der Waals surface area (Å²) in [7, 11) is 0. The fourth-order valence-electron chi connectivity index (χ4n) is 7.76. The van der Waals surface area contributed by atoms with E-state index in [-0.39, 0.29) is 88.2 Å². The predicted molar refractivity (Wildman–Crippen MR) is 203 cm³/mol. The molecule has 12 nitrogen and oxygen atoms in total. The molecule has 17 heteroatoms. The lowest BCUT2D eigenvalue weighted by Crippen LogP contribution is -2.50. The number of thiophene rings is 1. The average molecular weight is 798 g/mol. The van der Waals surface area contributed by atoms with Crippen molar-refractivity contribution in [3.63, 3.8) is 0 Å². The summed E-state index contributed by atoms with van der Waals surface area (Å²) >= 11 is 0.734. The maximum Gasteiger partial charge on any atom is 0.412 e. The molecule has 2 aromatic heterocycles. The fourth-order valence-corrected chi connectivity index (χ4v) is 8.83. The summed E-state index contributed by atoms with van der Waals surface area (Å²) in [4.78, 5) is 39.9. The highest BCUT2D eigenvalue weighted by atomic mass is 32.1. The summed E-state index contributed by atoms with van der Waals surface area (Å²) < 4.78 is 80.5. The number of halogens is 4. The van der Waals surface area contributed by atoms with Gasteiger partial charge in [-0.1, -0.05) is 6.07 Å². The van der Waals surface area contributed by atoms with Gasteiger partial charge >= 0.3 is 18.2 Å². The van der Waals surface area contributed by atoms with Gasteiger partial charge in [0.2, 0.25) is 0 Å². The highest BCUT2D eigenvalue weighted by molar-refractivity contribution is 7.23. The number of hydrogen-bond donors (Lipinski definition) is 1. The number of alkyl halides is 1. The normalized spacial score (nSPS) is 20.3. The van der Waals surface area contributed by atoms with E-state index in [2.05, 4.69) is 20.2 Å². The van der Waals surface area contributed by atoms with Crippen LogP contribution in [0.15, 0.2) is 18.2 Å². The molecule has 2 atom stereocenters. The Bertz CT molecular complexity index is 2260. The second kappa shape index (κ2) is 14.5. The molecule has 2 aromatic carbocycles. The van der Waals surface area contributed by atoms with E-state index in [1.807, 2.05) is 6.07 Å². The van der Waals surface area contributed by atoms with Crippen LogP contribution in [0.1, 0.15) is 66.4 Å². The number of anilines is 2. The maximum atomic E-state index is 17.1. The number of piperazine rings is 1. The van der Waals surface area contributed by atoms with Gasteiger partial charge in [-0.15, -0.1) is 11.3 Å². The summed E-state index contributed by atoms with van der Waals surface area (Å²) in [5.41, 5.74) is -3.37. The van der Waals surface area contributed by atoms with Gasteiger partial charge in [0.1, 0.15) is 58.0 Å². The largest absolute Gasteiger partial charge is 0.461 e. The van der Waals surface area contributed by atoms with Crippen molar-refractivity contribution in [2.24, 2.45) is 0 Å². The first-order valence-corrected chi connectivity index (χ1v) is 19.3. The zero-order valence-electron chi connectivity index (χ0n) is 32.0. The molecule has 2 amide bonds. The van der Waals surface area contributed by atoms with Crippen LogP contribution in [0, 0.1) is 28.8 Å².